The van der Waals surface area contributed by atoms with E-state index < -0.39 is 0 Å². The Hall–Kier alpha value is -3.32. The summed E-state index contributed by atoms with van der Waals surface area (Å²) in [6.45, 7) is 3.94. The number of fused-ring (bicyclic) bond motifs is 1. The molecule has 2 fully saturated rings. The van der Waals surface area contributed by atoms with Gasteiger partial charge in [0.15, 0.2) is 0 Å². The Morgan fingerprint density at radius 3 is 2.45 bits per heavy atom. The Morgan fingerprint density at radius 1 is 1.00 bits per heavy atom. The van der Waals surface area contributed by atoms with Crippen molar-refractivity contribution in [3.63, 3.8) is 0 Å². The number of pyridine rings is 1. The second-order valence-electron chi connectivity index (χ2n) is 9.26. The summed E-state index contributed by atoms with van der Waals surface area (Å²) in [5.41, 5.74) is 4.92. The third-order valence-electron chi connectivity index (χ3n) is 7.30. The quantitative estimate of drug-likeness (QED) is 0.515. The van der Waals surface area contributed by atoms with Gasteiger partial charge in [-0.1, -0.05) is 12.1 Å². The molecule has 0 atom stereocenters. The Morgan fingerprint density at radius 2 is 1.76 bits per heavy atom. The lowest BCUT2D eigenvalue weighted by Crippen LogP contribution is -2.46. The largest absolute Gasteiger partial charge is 0.368 e. The molecule has 33 heavy (non-hydrogen) atoms. The van der Waals surface area contributed by atoms with Crippen LogP contribution in [0.3, 0.4) is 0 Å². The van der Waals surface area contributed by atoms with Crippen LogP contribution in [0.15, 0.2) is 55.1 Å². The van der Waals surface area contributed by atoms with E-state index in [1.165, 1.54) is 22.2 Å². The summed E-state index contributed by atoms with van der Waals surface area (Å²) in [5.74, 6) is 1.07. The lowest BCUT2D eigenvalue weighted by atomic mass is 9.86. The normalized spacial score (nSPS) is 20.9. The SMILES string of the molecule is CNC1CC(n2cc(-c3cnn(C)c3)c3cnc(N4CCN(c5cc[c]cc5)CC4)cc32)C1. The Labute approximate surface area is 194 Å². The molecule has 1 N–H and O–H groups in total. The average molecular weight is 441 g/mol. The first-order chi connectivity index (χ1) is 16.2. The number of hydrogen-bond acceptors (Lipinski definition) is 5. The molecular formula is C26H30N7. The van der Waals surface area contributed by atoms with Crippen LogP contribution in [0.1, 0.15) is 18.9 Å². The van der Waals surface area contributed by atoms with Gasteiger partial charge in [0, 0.05) is 92.2 Å². The molecule has 1 radical (unpaired) electrons. The summed E-state index contributed by atoms with van der Waals surface area (Å²) in [6.07, 6.45) is 10.7. The number of piperazine rings is 1. The highest BCUT2D eigenvalue weighted by atomic mass is 15.3. The highest BCUT2D eigenvalue weighted by molar-refractivity contribution is 5.96. The number of anilines is 2. The number of rotatable bonds is 5. The van der Waals surface area contributed by atoms with Crippen LogP contribution >= 0.6 is 0 Å². The minimum atomic E-state index is 0.525. The molecule has 169 valence electrons. The molecule has 0 bridgehead atoms. The molecule has 0 unspecified atom stereocenters. The van der Waals surface area contributed by atoms with Crippen molar-refractivity contribution in [2.24, 2.45) is 7.05 Å². The maximum Gasteiger partial charge on any atom is 0.130 e. The maximum atomic E-state index is 4.92. The summed E-state index contributed by atoms with van der Waals surface area (Å²) in [7, 11) is 4.03. The molecule has 3 aromatic heterocycles. The number of aryl methyl sites for hydroxylation is 1. The lowest BCUT2D eigenvalue weighted by molar-refractivity contribution is 0.241. The van der Waals surface area contributed by atoms with Crippen molar-refractivity contribution < 1.29 is 0 Å². The van der Waals surface area contributed by atoms with E-state index in [2.05, 4.69) is 74.7 Å². The van der Waals surface area contributed by atoms with E-state index in [0.29, 0.717) is 12.1 Å². The fourth-order valence-corrected chi connectivity index (χ4v) is 5.23. The standard InChI is InChI=1S/C26H30N7/c1-27-20-12-22(13-20)33-18-24(19-15-29-30(2)17-19)23-16-28-26(14-25(23)33)32-10-8-31(9-11-32)21-6-4-3-5-7-21/h4-7,14-18,20,22,27H,8-13H2,1-2H3. The molecule has 7 nitrogen and oxygen atoms in total. The molecule has 4 heterocycles. The van der Waals surface area contributed by atoms with Crippen molar-refractivity contribution in [1.29, 1.82) is 0 Å². The van der Waals surface area contributed by atoms with Crippen molar-refractivity contribution in [3.05, 3.63) is 61.2 Å². The Bertz CT molecular complexity index is 1240. The molecule has 2 aliphatic rings. The van der Waals surface area contributed by atoms with Crippen molar-refractivity contribution in [3.8, 4) is 11.1 Å². The molecule has 7 heteroatoms. The van der Waals surface area contributed by atoms with Crippen LogP contribution in [-0.4, -0.2) is 58.6 Å². The maximum absolute atomic E-state index is 4.92. The minimum Gasteiger partial charge on any atom is -0.368 e. The van der Waals surface area contributed by atoms with Gasteiger partial charge in [-0.3, -0.25) is 4.68 Å². The molecule has 6 rings (SSSR count). The number of nitrogens with one attached hydrogen (secondary N) is 1. The van der Waals surface area contributed by atoms with E-state index in [-0.39, 0.29) is 0 Å². The number of aromatic nitrogens is 4. The molecule has 1 saturated carbocycles. The van der Waals surface area contributed by atoms with Crippen LogP contribution in [0, 0.1) is 6.07 Å². The summed E-state index contributed by atoms with van der Waals surface area (Å²) >= 11 is 0. The van der Waals surface area contributed by atoms with Crippen LogP contribution in [-0.2, 0) is 7.05 Å². The van der Waals surface area contributed by atoms with E-state index in [9.17, 15) is 0 Å². The van der Waals surface area contributed by atoms with Gasteiger partial charge in [-0.25, -0.2) is 4.98 Å². The van der Waals surface area contributed by atoms with Gasteiger partial charge in [-0.15, -0.1) is 0 Å². The van der Waals surface area contributed by atoms with Gasteiger partial charge in [-0.05, 0) is 38.1 Å². The van der Waals surface area contributed by atoms with Crippen LogP contribution in [0.25, 0.3) is 22.0 Å². The van der Waals surface area contributed by atoms with Crippen LogP contribution in [0.2, 0.25) is 0 Å². The van der Waals surface area contributed by atoms with E-state index in [0.717, 1.165) is 50.4 Å². The third-order valence-corrected chi connectivity index (χ3v) is 7.30. The number of hydrogen-bond donors (Lipinski definition) is 1. The van der Waals surface area contributed by atoms with E-state index >= 15 is 0 Å². The van der Waals surface area contributed by atoms with Crippen molar-refractivity contribution >= 4 is 22.4 Å². The molecule has 0 amide bonds. The zero-order chi connectivity index (χ0) is 22.4. The summed E-state index contributed by atoms with van der Waals surface area (Å²) in [6, 6.07) is 14.8. The zero-order valence-corrected chi connectivity index (χ0v) is 19.3. The summed E-state index contributed by atoms with van der Waals surface area (Å²) in [5, 5.41) is 9.02. The molecular weight excluding hydrogens is 410 g/mol. The first-order valence-electron chi connectivity index (χ1n) is 11.8. The molecule has 1 aliphatic carbocycles. The van der Waals surface area contributed by atoms with Gasteiger partial charge in [0.25, 0.3) is 0 Å². The summed E-state index contributed by atoms with van der Waals surface area (Å²) < 4.78 is 4.35. The predicted octanol–water partition coefficient (Wildman–Crippen LogP) is 3.49. The monoisotopic (exact) mass is 440 g/mol. The van der Waals surface area contributed by atoms with E-state index in [4.69, 9.17) is 4.98 Å². The Balaban J connectivity index is 1.31. The van der Waals surface area contributed by atoms with E-state index in [1.807, 2.05) is 30.1 Å². The Kier molecular flexibility index (Phi) is 5.06. The van der Waals surface area contributed by atoms with Crippen molar-refractivity contribution in [1.82, 2.24) is 24.6 Å². The van der Waals surface area contributed by atoms with Gasteiger partial charge < -0.3 is 19.7 Å². The van der Waals surface area contributed by atoms with E-state index in [1.54, 1.807) is 0 Å². The van der Waals surface area contributed by atoms with Gasteiger partial charge in [-0.2, -0.15) is 5.10 Å². The van der Waals surface area contributed by atoms with Crippen LogP contribution in [0.5, 0.6) is 0 Å². The second kappa shape index (κ2) is 8.23. The predicted molar refractivity (Wildman–Crippen MR) is 133 cm³/mol. The smallest absolute Gasteiger partial charge is 0.130 e. The molecule has 0 spiro atoms. The van der Waals surface area contributed by atoms with Gasteiger partial charge in [0.05, 0.1) is 11.7 Å². The zero-order valence-electron chi connectivity index (χ0n) is 19.3. The lowest BCUT2D eigenvalue weighted by Gasteiger charge is -2.37. The fourth-order valence-electron chi connectivity index (χ4n) is 5.23. The first-order valence-corrected chi connectivity index (χ1v) is 11.8. The fraction of sp³-hybridized carbons (Fsp3) is 0.385. The number of nitrogens with zero attached hydrogens (tertiary/aromatic N) is 6. The second-order valence-corrected chi connectivity index (χ2v) is 9.26. The average Bonchev–Trinajstić information content (AvgIpc) is 3.42. The third kappa shape index (κ3) is 3.66. The first kappa shape index (κ1) is 20.3. The van der Waals surface area contributed by atoms with Crippen molar-refractivity contribution in [2.45, 2.75) is 24.9 Å². The topological polar surface area (TPSA) is 54.2 Å². The molecule has 4 aromatic rings. The van der Waals surface area contributed by atoms with Crippen LogP contribution in [0.4, 0.5) is 11.5 Å². The summed E-state index contributed by atoms with van der Waals surface area (Å²) in [4.78, 5) is 9.78. The van der Waals surface area contributed by atoms with Gasteiger partial charge >= 0.3 is 0 Å². The van der Waals surface area contributed by atoms with Gasteiger partial charge in [0.2, 0.25) is 0 Å². The highest BCUT2D eigenvalue weighted by Crippen LogP contribution is 2.40. The van der Waals surface area contributed by atoms with Crippen LogP contribution < -0.4 is 15.1 Å². The number of benzene rings is 1. The molecule has 1 aliphatic heterocycles. The van der Waals surface area contributed by atoms with Crippen molar-refractivity contribution in [2.75, 3.05) is 43.0 Å². The molecule has 1 saturated heterocycles. The highest BCUT2D eigenvalue weighted by Gasteiger charge is 2.31. The molecule has 1 aromatic carbocycles. The van der Waals surface area contributed by atoms with Gasteiger partial charge in [0.1, 0.15) is 5.82 Å². The minimum absolute atomic E-state index is 0.525.